The van der Waals surface area contributed by atoms with Gasteiger partial charge in [-0.05, 0) is 78.0 Å². The molecule has 0 bridgehead atoms. The van der Waals surface area contributed by atoms with Crippen LogP contribution in [0.3, 0.4) is 0 Å². The first-order valence-electron chi connectivity index (χ1n) is 8.45. The standard InChI is InChI=1S/C9H19N.C8H17N/c1-8(2)10-6-4-5-9(3)7-10;1-3-8-4-6-9(2)7-5-8/h8-9H,4-7H2,1-3H3;8H,3-7H2,1-2H3/t9-;/m0./s1. The highest BCUT2D eigenvalue weighted by atomic mass is 15.1. The van der Waals surface area contributed by atoms with Crippen molar-refractivity contribution < 1.29 is 0 Å². The summed E-state index contributed by atoms with van der Waals surface area (Å²) in [6, 6.07) is 0.753. The van der Waals surface area contributed by atoms with Crippen molar-refractivity contribution in [3.8, 4) is 0 Å². The van der Waals surface area contributed by atoms with Gasteiger partial charge in [0, 0.05) is 12.6 Å². The first kappa shape index (κ1) is 17.0. The molecule has 2 nitrogen and oxygen atoms in total. The van der Waals surface area contributed by atoms with Crippen LogP contribution in [0.25, 0.3) is 0 Å². The molecule has 0 radical (unpaired) electrons. The van der Waals surface area contributed by atoms with Crippen molar-refractivity contribution in [2.75, 3.05) is 33.2 Å². The molecular formula is C17H36N2. The zero-order valence-corrected chi connectivity index (χ0v) is 14.0. The van der Waals surface area contributed by atoms with Crippen molar-refractivity contribution in [1.29, 1.82) is 0 Å². The fourth-order valence-electron chi connectivity index (χ4n) is 3.17. The lowest BCUT2D eigenvalue weighted by Gasteiger charge is -2.33. The van der Waals surface area contributed by atoms with E-state index in [1.807, 2.05) is 0 Å². The fraction of sp³-hybridized carbons (Fsp3) is 1.00. The molecule has 2 heterocycles. The van der Waals surface area contributed by atoms with E-state index < -0.39 is 0 Å². The molecule has 0 unspecified atom stereocenters. The van der Waals surface area contributed by atoms with Crippen molar-refractivity contribution in [2.24, 2.45) is 11.8 Å². The molecule has 0 aromatic carbocycles. The Hall–Kier alpha value is -0.0800. The largest absolute Gasteiger partial charge is 0.306 e. The van der Waals surface area contributed by atoms with Crippen LogP contribution in [0.5, 0.6) is 0 Å². The number of piperidine rings is 2. The number of nitrogens with zero attached hydrogens (tertiary/aromatic N) is 2. The van der Waals surface area contributed by atoms with Gasteiger partial charge in [-0.3, -0.25) is 0 Å². The second kappa shape index (κ2) is 8.97. The minimum atomic E-state index is 0.753. The van der Waals surface area contributed by atoms with Gasteiger partial charge in [0.15, 0.2) is 0 Å². The average molecular weight is 268 g/mol. The van der Waals surface area contributed by atoms with Gasteiger partial charge in [0.05, 0.1) is 0 Å². The molecule has 2 heteroatoms. The summed E-state index contributed by atoms with van der Waals surface area (Å²) in [5, 5.41) is 0. The maximum atomic E-state index is 2.58. The van der Waals surface area contributed by atoms with Gasteiger partial charge in [-0.2, -0.15) is 0 Å². The van der Waals surface area contributed by atoms with E-state index in [-0.39, 0.29) is 0 Å². The average Bonchev–Trinajstić information content (AvgIpc) is 2.40. The molecule has 19 heavy (non-hydrogen) atoms. The highest BCUT2D eigenvalue weighted by Gasteiger charge is 2.17. The second-order valence-electron chi connectivity index (χ2n) is 6.99. The van der Waals surface area contributed by atoms with Crippen molar-refractivity contribution in [3.63, 3.8) is 0 Å². The summed E-state index contributed by atoms with van der Waals surface area (Å²) in [4.78, 5) is 5.00. The number of rotatable bonds is 2. The third-order valence-corrected chi connectivity index (χ3v) is 4.83. The van der Waals surface area contributed by atoms with E-state index in [0.717, 1.165) is 17.9 Å². The molecule has 0 aliphatic carbocycles. The van der Waals surface area contributed by atoms with E-state index in [4.69, 9.17) is 0 Å². The Balaban J connectivity index is 0.000000191. The van der Waals surface area contributed by atoms with E-state index in [0.29, 0.717) is 0 Å². The topological polar surface area (TPSA) is 6.48 Å². The monoisotopic (exact) mass is 268 g/mol. The molecule has 0 N–H and O–H groups in total. The Morgan fingerprint density at radius 2 is 1.68 bits per heavy atom. The van der Waals surface area contributed by atoms with Crippen LogP contribution in [-0.4, -0.2) is 49.1 Å². The van der Waals surface area contributed by atoms with Gasteiger partial charge in [-0.15, -0.1) is 0 Å². The van der Waals surface area contributed by atoms with Gasteiger partial charge in [0.1, 0.15) is 0 Å². The zero-order valence-electron chi connectivity index (χ0n) is 14.0. The smallest absolute Gasteiger partial charge is 0.00387 e. The molecule has 0 amide bonds. The highest BCUT2D eigenvalue weighted by Crippen LogP contribution is 2.18. The predicted molar refractivity (Wildman–Crippen MR) is 85.6 cm³/mol. The molecular weight excluding hydrogens is 232 g/mol. The normalized spacial score (nSPS) is 27.2. The van der Waals surface area contributed by atoms with Crippen molar-refractivity contribution in [2.45, 2.75) is 65.8 Å². The molecule has 2 aliphatic heterocycles. The molecule has 114 valence electrons. The lowest BCUT2D eigenvalue weighted by atomic mass is 9.95. The quantitative estimate of drug-likeness (QED) is 0.750. The van der Waals surface area contributed by atoms with E-state index in [2.05, 4.69) is 44.5 Å². The van der Waals surface area contributed by atoms with Crippen LogP contribution in [0.1, 0.15) is 59.8 Å². The van der Waals surface area contributed by atoms with E-state index >= 15 is 0 Å². The molecule has 0 aromatic rings. The summed E-state index contributed by atoms with van der Waals surface area (Å²) in [5.41, 5.74) is 0. The molecule has 2 rings (SSSR count). The first-order valence-corrected chi connectivity index (χ1v) is 8.45. The summed E-state index contributed by atoms with van der Waals surface area (Å²) >= 11 is 0. The Bertz CT molecular complexity index is 219. The minimum absolute atomic E-state index is 0.753. The van der Waals surface area contributed by atoms with Gasteiger partial charge in [0.25, 0.3) is 0 Å². The van der Waals surface area contributed by atoms with Crippen molar-refractivity contribution in [3.05, 3.63) is 0 Å². The van der Waals surface area contributed by atoms with E-state index in [1.54, 1.807) is 0 Å². The summed E-state index contributed by atoms with van der Waals surface area (Å²) in [7, 11) is 2.21. The van der Waals surface area contributed by atoms with Gasteiger partial charge in [-0.1, -0.05) is 20.3 Å². The third kappa shape index (κ3) is 6.76. The molecule has 1 atom stereocenters. The summed E-state index contributed by atoms with van der Waals surface area (Å²) in [6.07, 6.45) is 7.07. The lowest BCUT2D eigenvalue weighted by molar-refractivity contribution is 0.147. The fourth-order valence-corrected chi connectivity index (χ4v) is 3.17. The van der Waals surface area contributed by atoms with Crippen molar-refractivity contribution in [1.82, 2.24) is 9.80 Å². The Labute approximate surface area is 121 Å². The predicted octanol–water partition coefficient (Wildman–Crippen LogP) is 3.86. The van der Waals surface area contributed by atoms with Crippen LogP contribution in [0.4, 0.5) is 0 Å². The highest BCUT2D eigenvalue weighted by molar-refractivity contribution is 4.72. The molecule has 0 saturated carbocycles. The second-order valence-corrected chi connectivity index (χ2v) is 6.99. The Morgan fingerprint density at radius 3 is 2.11 bits per heavy atom. The summed E-state index contributed by atoms with van der Waals surface area (Å²) in [5.74, 6) is 1.96. The molecule has 2 fully saturated rings. The van der Waals surface area contributed by atoms with Crippen LogP contribution in [0, 0.1) is 11.8 Å². The Kier molecular flexibility index (Phi) is 8.01. The van der Waals surface area contributed by atoms with Crippen LogP contribution in [0.15, 0.2) is 0 Å². The van der Waals surface area contributed by atoms with Crippen molar-refractivity contribution >= 4 is 0 Å². The molecule has 0 aromatic heterocycles. The molecule has 2 aliphatic rings. The minimum Gasteiger partial charge on any atom is -0.306 e. The van der Waals surface area contributed by atoms with Gasteiger partial charge < -0.3 is 9.80 Å². The van der Waals surface area contributed by atoms with Crippen LogP contribution >= 0.6 is 0 Å². The third-order valence-electron chi connectivity index (χ3n) is 4.83. The van der Waals surface area contributed by atoms with Crippen LogP contribution in [0.2, 0.25) is 0 Å². The number of hydrogen-bond donors (Lipinski definition) is 0. The van der Waals surface area contributed by atoms with E-state index in [1.165, 1.54) is 58.3 Å². The van der Waals surface area contributed by atoms with Gasteiger partial charge in [0.2, 0.25) is 0 Å². The summed E-state index contributed by atoms with van der Waals surface area (Å²) < 4.78 is 0. The first-order chi connectivity index (χ1) is 9.02. The van der Waals surface area contributed by atoms with Gasteiger partial charge in [-0.25, -0.2) is 0 Å². The summed E-state index contributed by atoms with van der Waals surface area (Å²) in [6.45, 7) is 14.5. The lowest BCUT2D eigenvalue weighted by Crippen LogP contribution is -2.38. The van der Waals surface area contributed by atoms with E-state index in [9.17, 15) is 0 Å². The van der Waals surface area contributed by atoms with Crippen LogP contribution < -0.4 is 0 Å². The Morgan fingerprint density at radius 1 is 1.05 bits per heavy atom. The maximum absolute atomic E-state index is 2.58. The molecule has 2 saturated heterocycles. The zero-order chi connectivity index (χ0) is 14.3. The number of hydrogen-bond acceptors (Lipinski definition) is 2. The van der Waals surface area contributed by atoms with Gasteiger partial charge >= 0.3 is 0 Å². The van der Waals surface area contributed by atoms with Crippen LogP contribution in [-0.2, 0) is 0 Å². The molecule has 0 spiro atoms. The SMILES string of the molecule is CC(C)N1CCC[C@H](C)C1.CCC1CCN(C)CC1. The maximum Gasteiger partial charge on any atom is 0.00387 e. The number of likely N-dealkylation sites (tertiary alicyclic amines) is 2.